The zero-order valence-electron chi connectivity index (χ0n) is 24.9. The van der Waals surface area contributed by atoms with Crippen LogP contribution < -0.4 is 11.4 Å². The number of nitrogens with zero attached hydrogens (tertiary/aromatic N) is 5. The number of carbonyl (C=O) groups excluding carboxylic acids is 6. The first-order valence-electron chi connectivity index (χ1n) is 13.5. The molecule has 16 nitrogen and oxygen atoms in total. The molecule has 0 fully saturated rings. The van der Waals surface area contributed by atoms with Gasteiger partial charge in [-0.05, 0) is 0 Å². The third-order valence-electron chi connectivity index (χ3n) is 6.67. The van der Waals surface area contributed by atoms with E-state index < -0.39 is 87.7 Å². The van der Waals surface area contributed by atoms with Gasteiger partial charge in [0.1, 0.15) is 27.7 Å². The average Bonchev–Trinajstić information content (AvgIpc) is 3.49. The average molecular weight is 633 g/mol. The minimum absolute atomic E-state index is 0.0579. The van der Waals surface area contributed by atoms with Gasteiger partial charge in [0.2, 0.25) is 48.4 Å². The number of hydrogen-bond acceptors (Lipinski definition) is 11. The summed E-state index contributed by atoms with van der Waals surface area (Å²) in [4.78, 5) is 125. The molecule has 0 saturated heterocycles. The van der Waals surface area contributed by atoms with Crippen molar-refractivity contribution < 1.29 is 43.5 Å². The molecule has 0 radical (unpaired) electrons. The standard InChI is InChI=1S/C30H26N5O11/c1-17(36)31-23(25(33(19(3)38)29(31)42)27(40)21-11-7-5-8-12-21)15-45-35(44)46-16-24-26(28(41)22-13-9-6-10-14-22)34(20(4)39)30(43)32(24)18(2)37/h5-14H,15-16H2,1-4H3/q+1. The lowest BCUT2D eigenvalue weighted by Crippen LogP contribution is -2.32. The molecule has 236 valence electrons. The molecule has 0 N–H and O–H groups in total. The number of rotatable bonds is 10. The zero-order valence-corrected chi connectivity index (χ0v) is 24.9. The Labute approximate surface area is 258 Å². The Morgan fingerprint density at radius 1 is 0.543 bits per heavy atom. The van der Waals surface area contributed by atoms with Crippen molar-refractivity contribution in [3.8, 4) is 0 Å². The van der Waals surface area contributed by atoms with Crippen molar-refractivity contribution in [3.05, 3.63) is 120 Å². The molecule has 0 bridgehead atoms. The van der Waals surface area contributed by atoms with Crippen LogP contribution >= 0.6 is 0 Å². The first kappa shape index (κ1) is 32.6. The highest BCUT2D eigenvalue weighted by molar-refractivity contribution is 6.11. The maximum absolute atomic E-state index is 13.4. The fourth-order valence-corrected chi connectivity index (χ4v) is 4.77. The molecule has 0 atom stereocenters. The number of aromatic nitrogens is 4. The van der Waals surface area contributed by atoms with Gasteiger partial charge >= 0.3 is 16.5 Å². The van der Waals surface area contributed by atoms with Crippen LogP contribution in [-0.2, 0) is 22.9 Å². The Bertz CT molecular complexity index is 1900. The van der Waals surface area contributed by atoms with Gasteiger partial charge in [0, 0.05) is 38.8 Å². The summed E-state index contributed by atoms with van der Waals surface area (Å²) in [6.07, 6.45) is 0. The molecule has 0 aliphatic carbocycles. The van der Waals surface area contributed by atoms with Crippen LogP contribution in [0.2, 0.25) is 0 Å². The van der Waals surface area contributed by atoms with Crippen LogP contribution in [-0.4, -0.2) is 58.6 Å². The van der Waals surface area contributed by atoms with E-state index in [0.717, 1.165) is 27.7 Å². The molecule has 4 aromatic rings. The quantitative estimate of drug-likeness (QED) is 0.183. The second-order valence-corrected chi connectivity index (χ2v) is 9.73. The van der Waals surface area contributed by atoms with Crippen LogP contribution in [0.1, 0.15) is 90.4 Å². The van der Waals surface area contributed by atoms with Crippen LogP contribution in [0.3, 0.4) is 0 Å². The third kappa shape index (κ3) is 6.03. The van der Waals surface area contributed by atoms with Crippen molar-refractivity contribution in [2.24, 2.45) is 0 Å². The summed E-state index contributed by atoms with van der Waals surface area (Å²) in [7, 11) is 0. The fourth-order valence-electron chi connectivity index (χ4n) is 4.77. The Balaban J connectivity index is 1.71. The van der Waals surface area contributed by atoms with Gasteiger partial charge in [-0.25, -0.2) is 27.9 Å². The molecule has 4 rings (SSSR count). The van der Waals surface area contributed by atoms with Crippen LogP contribution in [0, 0.1) is 4.91 Å². The van der Waals surface area contributed by atoms with E-state index in [1.807, 2.05) is 0 Å². The third-order valence-corrected chi connectivity index (χ3v) is 6.67. The molecule has 16 heteroatoms. The molecule has 2 aromatic heterocycles. The van der Waals surface area contributed by atoms with Gasteiger partial charge < -0.3 is 0 Å². The number of imidazole rings is 2. The summed E-state index contributed by atoms with van der Waals surface area (Å²) in [5, 5.41) is -0.506. The highest BCUT2D eigenvalue weighted by Crippen LogP contribution is 2.19. The second-order valence-electron chi connectivity index (χ2n) is 9.73. The van der Waals surface area contributed by atoms with Gasteiger partial charge in [0.05, 0.1) is 0 Å². The van der Waals surface area contributed by atoms with E-state index in [1.165, 1.54) is 48.5 Å². The van der Waals surface area contributed by atoms with Gasteiger partial charge in [0.25, 0.3) is 0 Å². The topological polar surface area (TPSA) is 195 Å². The second kappa shape index (κ2) is 13.1. The van der Waals surface area contributed by atoms with Crippen molar-refractivity contribution >= 4 is 35.2 Å². The van der Waals surface area contributed by atoms with Crippen molar-refractivity contribution in [2.75, 3.05) is 0 Å². The van der Waals surface area contributed by atoms with Crippen LogP contribution in [0.5, 0.6) is 0 Å². The number of benzene rings is 2. The molecular formula is C30H26N5O11+. The highest BCUT2D eigenvalue weighted by atomic mass is 17.0. The molecule has 0 unspecified atom stereocenters. The van der Waals surface area contributed by atoms with E-state index in [-0.39, 0.29) is 11.1 Å². The van der Waals surface area contributed by atoms with Crippen molar-refractivity contribution in [3.63, 3.8) is 0 Å². The lowest BCUT2D eigenvalue weighted by molar-refractivity contribution is -0.988. The minimum atomic E-state index is -1.17. The van der Waals surface area contributed by atoms with Crippen LogP contribution in [0.25, 0.3) is 0 Å². The monoisotopic (exact) mass is 632 g/mol. The molecule has 0 amide bonds. The predicted molar refractivity (Wildman–Crippen MR) is 156 cm³/mol. The lowest BCUT2D eigenvalue weighted by Gasteiger charge is -2.07. The summed E-state index contributed by atoms with van der Waals surface area (Å²) < 4.78 is 1.93. The van der Waals surface area contributed by atoms with Gasteiger partial charge in [-0.2, -0.15) is 9.68 Å². The number of hydrogen-bond donors (Lipinski definition) is 0. The minimum Gasteiger partial charge on any atom is -0.287 e. The predicted octanol–water partition coefficient (Wildman–Crippen LogP) is 2.06. The van der Waals surface area contributed by atoms with Crippen LogP contribution in [0.4, 0.5) is 0 Å². The van der Waals surface area contributed by atoms with Crippen molar-refractivity contribution in [2.45, 2.75) is 40.9 Å². The van der Waals surface area contributed by atoms with E-state index in [1.54, 1.807) is 12.1 Å². The van der Waals surface area contributed by atoms with E-state index in [4.69, 9.17) is 9.68 Å². The van der Waals surface area contributed by atoms with E-state index in [2.05, 4.69) is 0 Å². The number of carbonyl (C=O) groups is 6. The van der Waals surface area contributed by atoms with E-state index in [9.17, 15) is 43.3 Å². The summed E-state index contributed by atoms with van der Waals surface area (Å²) in [6.45, 7) is 2.08. The first-order valence-corrected chi connectivity index (χ1v) is 13.5. The maximum Gasteiger partial charge on any atom is 0.478 e. The molecule has 0 saturated carbocycles. The van der Waals surface area contributed by atoms with Gasteiger partial charge in [-0.3, -0.25) is 28.8 Å². The number of ketones is 2. The Morgan fingerprint density at radius 3 is 1.13 bits per heavy atom. The normalized spacial score (nSPS) is 10.7. The summed E-state index contributed by atoms with van der Waals surface area (Å²) >= 11 is 0. The summed E-state index contributed by atoms with van der Waals surface area (Å²) in [6, 6.07) is 15.0. The molecule has 2 aromatic carbocycles. The molecule has 46 heavy (non-hydrogen) atoms. The Hall–Kier alpha value is -6.32. The van der Waals surface area contributed by atoms with Gasteiger partial charge in [0.15, 0.2) is 0 Å². The molecule has 0 aliphatic heterocycles. The van der Waals surface area contributed by atoms with Gasteiger partial charge in [-0.15, -0.1) is 0 Å². The molecule has 0 spiro atoms. The Morgan fingerprint density at radius 2 is 0.848 bits per heavy atom. The largest absolute Gasteiger partial charge is 0.478 e. The molecule has 2 heterocycles. The smallest absolute Gasteiger partial charge is 0.287 e. The van der Waals surface area contributed by atoms with E-state index >= 15 is 0 Å². The summed E-state index contributed by atoms with van der Waals surface area (Å²) in [5.74, 6) is -5.24. The summed E-state index contributed by atoms with van der Waals surface area (Å²) in [5.41, 5.74) is -4.19. The van der Waals surface area contributed by atoms with Crippen LogP contribution in [0.15, 0.2) is 70.3 Å². The SMILES string of the molecule is CC(=O)n1c(CO[N+](=O)OCc2c(C(=O)c3ccccc3)n(C(C)=O)c(=O)n2C(C)=O)c(C(=O)c2ccccc2)n(C(C)=O)c1=O. The molecule has 0 aliphatic rings. The maximum atomic E-state index is 13.4. The lowest BCUT2D eigenvalue weighted by atomic mass is 10.1. The van der Waals surface area contributed by atoms with Crippen molar-refractivity contribution in [1.29, 1.82) is 0 Å². The van der Waals surface area contributed by atoms with E-state index in [0.29, 0.717) is 18.3 Å². The zero-order chi connectivity index (χ0) is 33.9. The molecular weight excluding hydrogens is 606 g/mol. The van der Waals surface area contributed by atoms with Gasteiger partial charge in [-0.1, -0.05) is 60.7 Å². The highest BCUT2D eigenvalue weighted by Gasteiger charge is 2.34. The Kier molecular flexibility index (Phi) is 9.30. The fraction of sp³-hybridized carbons (Fsp3) is 0.200. The first-order chi connectivity index (χ1) is 21.8. The van der Waals surface area contributed by atoms with Crippen molar-refractivity contribution in [1.82, 2.24) is 18.3 Å².